The predicted molar refractivity (Wildman–Crippen MR) is 63.5 cm³/mol. The van der Waals surface area contributed by atoms with Crippen molar-refractivity contribution in [2.24, 2.45) is 5.73 Å². The zero-order chi connectivity index (χ0) is 12.3. The van der Waals surface area contributed by atoms with Crippen LogP contribution in [0.5, 0.6) is 0 Å². The number of ether oxygens (including phenoxy) is 1. The van der Waals surface area contributed by atoms with Crippen LogP contribution in [-0.2, 0) is 16.1 Å². The summed E-state index contributed by atoms with van der Waals surface area (Å²) in [6, 6.07) is 3.32. The molecule has 0 aromatic carbocycles. The maximum absolute atomic E-state index is 11.3. The second kappa shape index (κ2) is 5.44. The van der Waals surface area contributed by atoms with Crippen LogP contribution in [0.3, 0.4) is 0 Å². The van der Waals surface area contributed by atoms with E-state index in [1.54, 1.807) is 6.20 Å². The lowest BCUT2D eigenvalue weighted by Crippen LogP contribution is -2.51. The number of halogens is 1. The number of nitrogens with two attached hydrogens (primary N) is 1. The molecule has 1 aromatic rings. The third-order valence-electron chi connectivity index (χ3n) is 2.78. The largest absolute Gasteiger partial charge is 0.378 e. The molecule has 0 radical (unpaired) electrons. The molecule has 1 atom stereocenters. The first kappa shape index (κ1) is 12.3. The minimum Gasteiger partial charge on any atom is -0.378 e. The van der Waals surface area contributed by atoms with Gasteiger partial charge in [-0.15, -0.1) is 0 Å². The van der Waals surface area contributed by atoms with Gasteiger partial charge in [-0.2, -0.15) is 0 Å². The van der Waals surface area contributed by atoms with E-state index in [1.807, 2.05) is 17.0 Å². The van der Waals surface area contributed by atoms with E-state index in [1.165, 1.54) is 0 Å². The first-order valence-electron chi connectivity index (χ1n) is 5.39. The third-order valence-corrected chi connectivity index (χ3v) is 3.12. The van der Waals surface area contributed by atoms with E-state index >= 15 is 0 Å². The number of primary amides is 1. The van der Waals surface area contributed by atoms with E-state index in [0.29, 0.717) is 31.5 Å². The van der Waals surface area contributed by atoms with E-state index in [0.717, 1.165) is 5.56 Å². The molecule has 1 saturated heterocycles. The zero-order valence-corrected chi connectivity index (χ0v) is 10.1. The van der Waals surface area contributed by atoms with Gasteiger partial charge in [0.2, 0.25) is 5.91 Å². The number of amides is 1. The fourth-order valence-electron chi connectivity index (χ4n) is 1.85. The van der Waals surface area contributed by atoms with Gasteiger partial charge in [0, 0.05) is 24.8 Å². The van der Waals surface area contributed by atoms with Gasteiger partial charge in [0.15, 0.2) is 0 Å². The highest BCUT2D eigenvalue weighted by Crippen LogP contribution is 2.17. The summed E-state index contributed by atoms with van der Waals surface area (Å²) in [5.74, 6) is -0.371. The van der Waals surface area contributed by atoms with Gasteiger partial charge < -0.3 is 10.5 Å². The Morgan fingerprint density at radius 1 is 1.71 bits per heavy atom. The van der Waals surface area contributed by atoms with Gasteiger partial charge in [-0.25, -0.2) is 4.98 Å². The summed E-state index contributed by atoms with van der Waals surface area (Å²) >= 11 is 5.99. The molecule has 1 aliphatic rings. The quantitative estimate of drug-likeness (QED) is 0.795. The Kier molecular flexibility index (Phi) is 3.93. The molecular formula is C11H14ClN3O2. The summed E-state index contributed by atoms with van der Waals surface area (Å²) in [7, 11) is 0. The molecule has 0 spiro atoms. The van der Waals surface area contributed by atoms with Crippen LogP contribution in [-0.4, -0.2) is 41.6 Å². The molecule has 5 nitrogen and oxygen atoms in total. The normalized spacial score (nSPS) is 21.4. The Morgan fingerprint density at radius 2 is 2.53 bits per heavy atom. The number of carbonyl (C=O) groups excluding carboxylic acids is 1. The number of hydrogen-bond acceptors (Lipinski definition) is 4. The summed E-state index contributed by atoms with van der Waals surface area (Å²) < 4.78 is 5.25. The molecule has 6 heteroatoms. The minimum absolute atomic E-state index is 0.340. The van der Waals surface area contributed by atoms with E-state index < -0.39 is 0 Å². The third kappa shape index (κ3) is 2.94. The molecule has 1 aromatic heterocycles. The molecule has 0 aliphatic carbocycles. The van der Waals surface area contributed by atoms with Crippen LogP contribution in [0.4, 0.5) is 0 Å². The summed E-state index contributed by atoms with van der Waals surface area (Å²) in [6.07, 6.45) is 1.64. The lowest BCUT2D eigenvalue weighted by molar-refractivity contribution is -0.129. The highest BCUT2D eigenvalue weighted by molar-refractivity contribution is 6.30. The Hall–Kier alpha value is -1.17. The molecule has 2 N–H and O–H groups in total. The molecule has 0 saturated carbocycles. The Balaban J connectivity index is 2.11. The van der Waals surface area contributed by atoms with Crippen LogP contribution in [0.2, 0.25) is 5.15 Å². The van der Waals surface area contributed by atoms with Gasteiger partial charge in [0.1, 0.15) is 11.2 Å². The van der Waals surface area contributed by atoms with Crippen molar-refractivity contribution in [3.8, 4) is 0 Å². The van der Waals surface area contributed by atoms with Gasteiger partial charge in [-0.3, -0.25) is 9.69 Å². The van der Waals surface area contributed by atoms with Crippen molar-refractivity contribution in [3.63, 3.8) is 0 Å². The smallest absolute Gasteiger partial charge is 0.237 e. The maximum Gasteiger partial charge on any atom is 0.237 e. The second-order valence-electron chi connectivity index (χ2n) is 3.92. The van der Waals surface area contributed by atoms with Gasteiger partial charge >= 0.3 is 0 Å². The Bertz CT molecular complexity index is 413. The molecular weight excluding hydrogens is 242 g/mol. The van der Waals surface area contributed by atoms with E-state index in [-0.39, 0.29) is 11.9 Å². The number of morpholine rings is 1. The average molecular weight is 256 g/mol. The lowest BCUT2D eigenvalue weighted by Gasteiger charge is -2.33. The Labute approximate surface area is 105 Å². The first-order valence-corrected chi connectivity index (χ1v) is 5.77. The molecule has 0 bridgehead atoms. The van der Waals surface area contributed by atoms with Gasteiger partial charge in [-0.05, 0) is 6.07 Å². The standard InChI is InChI=1S/C11H14ClN3O2/c12-10-8(2-1-3-14-10)6-15-4-5-17-7-9(15)11(13)16/h1-3,9H,4-7H2,(H2,13,16). The molecule has 2 heterocycles. The molecule has 1 amide bonds. The van der Waals surface area contributed by atoms with E-state index in [9.17, 15) is 4.79 Å². The number of aromatic nitrogens is 1. The first-order chi connectivity index (χ1) is 8.18. The van der Waals surface area contributed by atoms with Crippen molar-refractivity contribution >= 4 is 17.5 Å². The number of carbonyl (C=O) groups is 1. The molecule has 1 unspecified atom stereocenters. The number of pyridine rings is 1. The average Bonchev–Trinajstić information content (AvgIpc) is 2.32. The molecule has 2 rings (SSSR count). The monoisotopic (exact) mass is 255 g/mol. The van der Waals surface area contributed by atoms with Crippen LogP contribution in [0.1, 0.15) is 5.56 Å². The maximum atomic E-state index is 11.3. The fourth-order valence-corrected chi connectivity index (χ4v) is 2.02. The Morgan fingerprint density at radius 3 is 3.24 bits per heavy atom. The molecule has 92 valence electrons. The van der Waals surface area contributed by atoms with Crippen molar-refractivity contribution in [2.45, 2.75) is 12.6 Å². The van der Waals surface area contributed by atoms with Crippen LogP contribution in [0, 0.1) is 0 Å². The van der Waals surface area contributed by atoms with Crippen molar-refractivity contribution < 1.29 is 9.53 Å². The summed E-state index contributed by atoms with van der Waals surface area (Å²) in [5, 5.41) is 0.460. The van der Waals surface area contributed by atoms with Crippen molar-refractivity contribution in [2.75, 3.05) is 19.8 Å². The zero-order valence-electron chi connectivity index (χ0n) is 9.30. The van der Waals surface area contributed by atoms with Crippen LogP contribution in [0.15, 0.2) is 18.3 Å². The highest BCUT2D eigenvalue weighted by atomic mass is 35.5. The van der Waals surface area contributed by atoms with Crippen LogP contribution >= 0.6 is 11.6 Å². The number of hydrogen-bond donors (Lipinski definition) is 1. The fraction of sp³-hybridized carbons (Fsp3) is 0.455. The van der Waals surface area contributed by atoms with Gasteiger partial charge in [0.05, 0.1) is 13.2 Å². The lowest BCUT2D eigenvalue weighted by atomic mass is 10.2. The van der Waals surface area contributed by atoms with Crippen molar-refractivity contribution in [1.82, 2.24) is 9.88 Å². The van der Waals surface area contributed by atoms with Crippen LogP contribution < -0.4 is 5.73 Å². The molecule has 17 heavy (non-hydrogen) atoms. The van der Waals surface area contributed by atoms with E-state index in [4.69, 9.17) is 22.1 Å². The van der Waals surface area contributed by atoms with Crippen molar-refractivity contribution in [3.05, 3.63) is 29.0 Å². The molecule has 1 aliphatic heterocycles. The topological polar surface area (TPSA) is 68.5 Å². The summed E-state index contributed by atoms with van der Waals surface area (Å²) in [6.45, 7) is 2.16. The minimum atomic E-state index is -0.389. The van der Waals surface area contributed by atoms with Gasteiger partial charge in [-0.1, -0.05) is 17.7 Å². The number of rotatable bonds is 3. The molecule has 1 fully saturated rings. The van der Waals surface area contributed by atoms with Crippen LogP contribution in [0.25, 0.3) is 0 Å². The van der Waals surface area contributed by atoms with Crippen molar-refractivity contribution in [1.29, 1.82) is 0 Å². The second-order valence-corrected chi connectivity index (χ2v) is 4.27. The van der Waals surface area contributed by atoms with E-state index in [2.05, 4.69) is 4.98 Å². The number of nitrogens with zero attached hydrogens (tertiary/aromatic N) is 2. The SMILES string of the molecule is NC(=O)C1COCCN1Cc1cccnc1Cl. The summed E-state index contributed by atoms with van der Waals surface area (Å²) in [5.41, 5.74) is 6.23. The predicted octanol–water partition coefficient (Wildman–Crippen LogP) is 0.421. The van der Waals surface area contributed by atoms with Gasteiger partial charge in [0.25, 0.3) is 0 Å². The highest BCUT2D eigenvalue weighted by Gasteiger charge is 2.27. The summed E-state index contributed by atoms with van der Waals surface area (Å²) in [4.78, 5) is 17.3.